The standard InChI is InChI=1S/C5H8N3O2/c1-9-4-6-3-7-5(8-4)10-2/h3H,1-2H3,(H,6,7,8). The summed E-state index contributed by atoms with van der Waals surface area (Å²) in [5.41, 5.74) is 0. The van der Waals surface area contributed by atoms with Gasteiger partial charge in [0.05, 0.1) is 13.4 Å². The van der Waals surface area contributed by atoms with Gasteiger partial charge in [-0.05, 0) is 0 Å². The zero-order valence-corrected chi connectivity index (χ0v) is 5.79. The van der Waals surface area contributed by atoms with Gasteiger partial charge >= 0.3 is 12.4 Å². The average molecular weight is 142 g/mol. The van der Waals surface area contributed by atoms with E-state index >= 15 is 0 Å². The van der Waals surface area contributed by atoms with Crippen molar-refractivity contribution in [1.82, 2.24) is 5.32 Å². The molecule has 0 spiro atoms. The molecule has 1 aliphatic heterocycles. The first-order chi connectivity index (χ1) is 4.86. The molecule has 0 aromatic rings. The largest absolute Gasteiger partial charge is 0.467 e. The van der Waals surface area contributed by atoms with Gasteiger partial charge in [0, 0.05) is 7.11 Å². The third-order valence-electron chi connectivity index (χ3n) is 0.936. The van der Waals surface area contributed by atoms with Gasteiger partial charge < -0.3 is 14.8 Å². The molecule has 1 rings (SSSR count). The third kappa shape index (κ3) is 1.44. The van der Waals surface area contributed by atoms with Crippen molar-refractivity contribution < 1.29 is 9.47 Å². The van der Waals surface area contributed by atoms with Crippen LogP contribution >= 0.6 is 0 Å². The highest BCUT2D eigenvalue weighted by atomic mass is 16.5. The molecule has 55 valence electrons. The Morgan fingerprint density at radius 1 is 1.40 bits per heavy atom. The minimum atomic E-state index is 0.288. The number of amidine groups is 1. The van der Waals surface area contributed by atoms with E-state index in [2.05, 4.69) is 15.3 Å². The average Bonchev–Trinajstić information content (AvgIpc) is 2.05. The molecule has 10 heavy (non-hydrogen) atoms. The quantitative estimate of drug-likeness (QED) is 0.547. The van der Waals surface area contributed by atoms with Crippen LogP contribution in [0.1, 0.15) is 0 Å². The lowest BCUT2D eigenvalue weighted by atomic mass is 10.8. The van der Waals surface area contributed by atoms with Crippen LogP contribution in [-0.4, -0.2) is 26.6 Å². The smallest absolute Gasteiger partial charge is 0.317 e. The molecule has 5 heteroatoms. The third-order valence-corrected chi connectivity index (χ3v) is 0.936. The first-order valence-corrected chi connectivity index (χ1v) is 2.69. The molecule has 1 heterocycles. The summed E-state index contributed by atoms with van der Waals surface area (Å²) < 4.78 is 9.50. The zero-order valence-electron chi connectivity index (χ0n) is 5.79. The van der Waals surface area contributed by atoms with E-state index in [0.717, 1.165) is 0 Å². The van der Waals surface area contributed by atoms with Crippen LogP contribution in [0.3, 0.4) is 0 Å². The molecule has 5 nitrogen and oxygen atoms in total. The Hall–Kier alpha value is -1.10. The zero-order chi connectivity index (χ0) is 7.40. The molecule has 0 saturated heterocycles. The monoisotopic (exact) mass is 142 g/mol. The Balaban J connectivity index is 2.56. The Morgan fingerprint density at radius 2 is 2.20 bits per heavy atom. The summed E-state index contributed by atoms with van der Waals surface area (Å²) in [6, 6.07) is 0.288. The molecular weight excluding hydrogens is 134 g/mol. The second-order valence-electron chi connectivity index (χ2n) is 1.51. The fourth-order valence-electron chi connectivity index (χ4n) is 0.494. The lowest BCUT2D eigenvalue weighted by Gasteiger charge is -2.11. The summed E-state index contributed by atoms with van der Waals surface area (Å²) in [4.78, 5) is 7.54. The first-order valence-electron chi connectivity index (χ1n) is 2.69. The van der Waals surface area contributed by atoms with Gasteiger partial charge in [0.1, 0.15) is 0 Å². The molecule has 0 bridgehead atoms. The maximum absolute atomic E-state index is 4.77. The molecule has 0 saturated carbocycles. The number of nitrogens with one attached hydrogen (secondary N) is 1. The van der Waals surface area contributed by atoms with Crippen molar-refractivity contribution in [2.24, 2.45) is 9.98 Å². The van der Waals surface area contributed by atoms with E-state index in [0.29, 0.717) is 6.35 Å². The molecule has 0 aromatic heterocycles. The number of methoxy groups -OCH3 is 2. The highest BCUT2D eigenvalue weighted by molar-refractivity contribution is 5.85. The Kier molecular flexibility index (Phi) is 2.22. The van der Waals surface area contributed by atoms with E-state index in [4.69, 9.17) is 9.47 Å². The van der Waals surface area contributed by atoms with Crippen LogP contribution in [0.4, 0.5) is 0 Å². The molecule has 0 fully saturated rings. The Bertz CT molecular complexity index is 166. The van der Waals surface area contributed by atoms with Gasteiger partial charge in [-0.3, -0.25) is 0 Å². The predicted octanol–water partition coefficient (Wildman–Crippen LogP) is -0.286. The van der Waals surface area contributed by atoms with E-state index in [1.807, 2.05) is 0 Å². The molecule has 0 amide bonds. The topological polar surface area (TPSA) is 55.2 Å². The fraction of sp³-hybridized carbons (Fsp3) is 0.400. The van der Waals surface area contributed by atoms with E-state index in [-0.39, 0.29) is 6.02 Å². The van der Waals surface area contributed by atoms with Crippen LogP contribution in [0.2, 0.25) is 0 Å². The summed E-state index contributed by atoms with van der Waals surface area (Å²) in [5, 5.41) is 2.67. The van der Waals surface area contributed by atoms with Gasteiger partial charge in [0.25, 0.3) is 0 Å². The van der Waals surface area contributed by atoms with Crippen molar-refractivity contribution in [3.05, 3.63) is 6.35 Å². The number of rotatable bonds is 1. The summed E-state index contributed by atoms with van der Waals surface area (Å²) in [6.07, 6.45) is 1.83. The van der Waals surface area contributed by atoms with Crippen molar-refractivity contribution in [3.8, 4) is 0 Å². The van der Waals surface area contributed by atoms with Crippen LogP contribution in [0, 0.1) is 6.35 Å². The SMILES string of the molecule is CO[C]1N=C(OC)N=CN1. The van der Waals surface area contributed by atoms with Gasteiger partial charge in [0.2, 0.25) is 0 Å². The van der Waals surface area contributed by atoms with E-state index < -0.39 is 0 Å². The van der Waals surface area contributed by atoms with E-state index in [9.17, 15) is 0 Å². The minimum absolute atomic E-state index is 0.288. The lowest BCUT2D eigenvalue weighted by molar-refractivity contribution is 0.191. The predicted molar refractivity (Wildman–Crippen MR) is 36.3 cm³/mol. The lowest BCUT2D eigenvalue weighted by Crippen LogP contribution is -2.25. The minimum Gasteiger partial charge on any atom is -0.467 e. The van der Waals surface area contributed by atoms with Crippen molar-refractivity contribution in [2.75, 3.05) is 14.2 Å². The normalized spacial score (nSPS) is 18.0. The van der Waals surface area contributed by atoms with E-state index in [1.165, 1.54) is 20.6 Å². The van der Waals surface area contributed by atoms with Crippen LogP contribution in [0.5, 0.6) is 0 Å². The molecule has 1 N–H and O–H groups in total. The highest BCUT2D eigenvalue weighted by Gasteiger charge is 2.10. The molecule has 0 atom stereocenters. The number of nitrogens with zero attached hydrogens (tertiary/aromatic N) is 2. The molecule has 1 radical (unpaired) electrons. The number of hydrogen-bond donors (Lipinski definition) is 1. The van der Waals surface area contributed by atoms with Crippen LogP contribution in [0.15, 0.2) is 9.98 Å². The van der Waals surface area contributed by atoms with Gasteiger partial charge in [-0.15, -0.1) is 0 Å². The molecule has 1 aliphatic rings. The molecule has 0 aromatic carbocycles. The van der Waals surface area contributed by atoms with Crippen LogP contribution in [0.25, 0.3) is 0 Å². The number of ether oxygens (including phenoxy) is 2. The second-order valence-corrected chi connectivity index (χ2v) is 1.51. The number of hydrogen-bond acceptors (Lipinski definition) is 5. The summed E-state index contributed by atoms with van der Waals surface area (Å²) in [5.74, 6) is 0. The maximum atomic E-state index is 4.77. The van der Waals surface area contributed by atoms with Crippen LogP contribution in [-0.2, 0) is 9.47 Å². The van der Waals surface area contributed by atoms with Crippen molar-refractivity contribution >= 4 is 12.4 Å². The van der Waals surface area contributed by atoms with Crippen LogP contribution < -0.4 is 5.32 Å². The van der Waals surface area contributed by atoms with E-state index in [1.54, 1.807) is 0 Å². The summed E-state index contributed by atoms with van der Waals surface area (Å²) in [6.45, 7) is 0. The summed E-state index contributed by atoms with van der Waals surface area (Å²) >= 11 is 0. The van der Waals surface area contributed by atoms with Gasteiger partial charge in [-0.2, -0.15) is 9.98 Å². The fourth-order valence-corrected chi connectivity index (χ4v) is 0.494. The summed E-state index contributed by atoms with van der Waals surface area (Å²) in [7, 11) is 3.01. The van der Waals surface area contributed by atoms with Crippen molar-refractivity contribution in [1.29, 1.82) is 0 Å². The van der Waals surface area contributed by atoms with Crippen molar-refractivity contribution in [3.63, 3.8) is 0 Å². The number of aliphatic imine (C=N–C) groups is 2. The molecular formula is C5H8N3O2. The highest BCUT2D eigenvalue weighted by Crippen LogP contribution is 2.01. The first kappa shape index (κ1) is 7.01. The maximum Gasteiger partial charge on any atom is 0.317 e. The molecule has 0 aliphatic carbocycles. The molecule has 0 unspecified atom stereocenters. The van der Waals surface area contributed by atoms with Gasteiger partial charge in [0.15, 0.2) is 0 Å². The second kappa shape index (κ2) is 3.17. The Labute approximate surface area is 58.8 Å². The Morgan fingerprint density at radius 3 is 2.80 bits per heavy atom. The van der Waals surface area contributed by atoms with Crippen molar-refractivity contribution in [2.45, 2.75) is 0 Å². The van der Waals surface area contributed by atoms with Gasteiger partial charge in [-0.1, -0.05) is 0 Å². The van der Waals surface area contributed by atoms with Gasteiger partial charge in [-0.25, -0.2) is 0 Å².